The van der Waals surface area contributed by atoms with Gasteiger partial charge in [0.2, 0.25) is 5.91 Å². The molecule has 1 atom stereocenters. The Bertz CT molecular complexity index is 657. The Kier molecular flexibility index (Phi) is 6.97. The zero-order valence-electron chi connectivity index (χ0n) is 17.5. The van der Waals surface area contributed by atoms with E-state index < -0.39 is 6.04 Å². The molecular formula is C23H35N3O2. The minimum Gasteiger partial charge on any atom is -0.341 e. The minimum atomic E-state index is -0.461. The first-order chi connectivity index (χ1) is 13.4. The molecule has 0 radical (unpaired) electrons. The van der Waals surface area contributed by atoms with Gasteiger partial charge in [0, 0.05) is 19.1 Å². The lowest BCUT2D eigenvalue weighted by Crippen LogP contribution is -2.55. The lowest BCUT2D eigenvalue weighted by molar-refractivity contribution is -0.135. The third kappa shape index (κ3) is 5.27. The molecule has 0 bridgehead atoms. The zero-order valence-corrected chi connectivity index (χ0v) is 17.5. The first kappa shape index (κ1) is 20.7. The highest BCUT2D eigenvalue weighted by atomic mass is 16.2. The molecule has 0 aromatic heterocycles. The molecule has 154 valence electrons. The number of urea groups is 1. The summed E-state index contributed by atoms with van der Waals surface area (Å²) in [6, 6.07) is 8.34. The number of hydrogen-bond donors (Lipinski definition) is 2. The molecule has 0 spiro atoms. The van der Waals surface area contributed by atoms with Crippen molar-refractivity contribution >= 4 is 11.9 Å². The zero-order chi connectivity index (χ0) is 20.1. The number of amides is 3. The molecule has 3 amide bonds. The first-order valence-corrected chi connectivity index (χ1v) is 10.9. The van der Waals surface area contributed by atoms with Crippen LogP contribution in [0.15, 0.2) is 24.3 Å². The monoisotopic (exact) mass is 385 g/mol. The fourth-order valence-corrected chi connectivity index (χ4v) is 4.42. The van der Waals surface area contributed by atoms with E-state index in [-0.39, 0.29) is 23.9 Å². The highest BCUT2D eigenvalue weighted by Crippen LogP contribution is 2.28. The van der Waals surface area contributed by atoms with Crippen LogP contribution < -0.4 is 10.6 Å². The van der Waals surface area contributed by atoms with E-state index in [2.05, 4.69) is 41.8 Å². The number of benzene rings is 1. The van der Waals surface area contributed by atoms with Crippen molar-refractivity contribution in [1.82, 2.24) is 15.5 Å². The van der Waals surface area contributed by atoms with Gasteiger partial charge in [-0.3, -0.25) is 4.79 Å². The van der Waals surface area contributed by atoms with Crippen molar-refractivity contribution in [2.45, 2.75) is 77.3 Å². The average molecular weight is 386 g/mol. The molecule has 1 aliphatic heterocycles. The van der Waals surface area contributed by atoms with Gasteiger partial charge < -0.3 is 15.5 Å². The Balaban J connectivity index is 1.53. The third-order valence-electron chi connectivity index (χ3n) is 6.27. The van der Waals surface area contributed by atoms with Gasteiger partial charge >= 0.3 is 6.03 Å². The van der Waals surface area contributed by atoms with Crippen molar-refractivity contribution in [2.75, 3.05) is 13.1 Å². The summed E-state index contributed by atoms with van der Waals surface area (Å²) in [7, 11) is 0. The number of nitrogens with zero attached hydrogens (tertiary/aromatic N) is 1. The van der Waals surface area contributed by atoms with Crippen LogP contribution in [0.5, 0.6) is 0 Å². The lowest BCUT2D eigenvalue weighted by atomic mass is 9.88. The van der Waals surface area contributed by atoms with Gasteiger partial charge in [-0.05, 0) is 50.0 Å². The summed E-state index contributed by atoms with van der Waals surface area (Å²) in [5, 5.41) is 5.98. The van der Waals surface area contributed by atoms with E-state index in [1.807, 2.05) is 18.7 Å². The van der Waals surface area contributed by atoms with Gasteiger partial charge in [0.15, 0.2) is 0 Å². The average Bonchev–Trinajstić information content (AvgIpc) is 3.19. The number of carbonyl (C=O) groups excluding carboxylic acids is 2. The molecule has 2 aliphatic rings. The number of piperidine rings is 1. The molecule has 2 fully saturated rings. The van der Waals surface area contributed by atoms with Gasteiger partial charge in [-0.2, -0.15) is 0 Å². The first-order valence-electron chi connectivity index (χ1n) is 10.9. The van der Waals surface area contributed by atoms with Crippen molar-refractivity contribution < 1.29 is 9.59 Å². The summed E-state index contributed by atoms with van der Waals surface area (Å²) < 4.78 is 0. The fourth-order valence-electron chi connectivity index (χ4n) is 4.42. The highest BCUT2D eigenvalue weighted by molar-refractivity contribution is 5.87. The summed E-state index contributed by atoms with van der Waals surface area (Å²) in [5.41, 5.74) is 2.64. The van der Waals surface area contributed by atoms with Gasteiger partial charge in [0.25, 0.3) is 0 Å². The molecule has 1 unspecified atom stereocenters. The van der Waals surface area contributed by atoms with Crippen molar-refractivity contribution in [2.24, 2.45) is 5.92 Å². The van der Waals surface area contributed by atoms with Crippen LogP contribution >= 0.6 is 0 Å². The Morgan fingerprint density at radius 3 is 2.18 bits per heavy atom. The van der Waals surface area contributed by atoms with Crippen molar-refractivity contribution in [3.05, 3.63) is 35.4 Å². The molecule has 1 aromatic rings. The molecule has 28 heavy (non-hydrogen) atoms. The molecule has 1 aliphatic carbocycles. The molecular weight excluding hydrogens is 350 g/mol. The molecule has 3 rings (SSSR count). The van der Waals surface area contributed by atoms with Crippen LogP contribution in [0.2, 0.25) is 0 Å². The minimum absolute atomic E-state index is 0.0546. The SMILES string of the molecule is Cc1ccc(C2CCN(C(=O)C(NC(=O)NC3CCCC3)C(C)C)CC2)cc1. The summed E-state index contributed by atoms with van der Waals surface area (Å²) >= 11 is 0. The van der Waals surface area contributed by atoms with Crippen LogP contribution in [-0.4, -0.2) is 42.0 Å². The largest absolute Gasteiger partial charge is 0.341 e. The normalized spacial score (nSPS) is 19.6. The molecule has 2 N–H and O–H groups in total. The second kappa shape index (κ2) is 9.44. The summed E-state index contributed by atoms with van der Waals surface area (Å²) in [4.78, 5) is 27.4. The number of nitrogens with one attached hydrogen (secondary N) is 2. The molecule has 1 heterocycles. The second-order valence-electron chi connectivity index (χ2n) is 8.83. The molecule has 1 saturated heterocycles. The predicted octanol–water partition coefficient (Wildman–Crippen LogP) is 3.97. The fraction of sp³-hybridized carbons (Fsp3) is 0.652. The molecule has 1 aromatic carbocycles. The summed E-state index contributed by atoms with van der Waals surface area (Å²) in [5.74, 6) is 0.636. The van der Waals surface area contributed by atoms with Crippen molar-refractivity contribution in [1.29, 1.82) is 0 Å². The third-order valence-corrected chi connectivity index (χ3v) is 6.27. The van der Waals surface area contributed by atoms with Crippen LogP contribution in [0.4, 0.5) is 4.79 Å². The predicted molar refractivity (Wildman–Crippen MR) is 112 cm³/mol. The van der Waals surface area contributed by atoms with E-state index in [4.69, 9.17) is 0 Å². The summed E-state index contributed by atoms with van der Waals surface area (Å²) in [6.45, 7) is 7.61. The van der Waals surface area contributed by atoms with E-state index in [9.17, 15) is 9.59 Å². The lowest BCUT2D eigenvalue weighted by Gasteiger charge is -2.35. The maximum Gasteiger partial charge on any atom is 0.315 e. The Hall–Kier alpha value is -2.04. The molecule has 1 saturated carbocycles. The van der Waals surface area contributed by atoms with E-state index in [0.29, 0.717) is 5.92 Å². The van der Waals surface area contributed by atoms with E-state index >= 15 is 0 Å². The van der Waals surface area contributed by atoms with Gasteiger partial charge in [-0.25, -0.2) is 4.79 Å². The van der Waals surface area contributed by atoms with Crippen LogP contribution in [0, 0.1) is 12.8 Å². The van der Waals surface area contributed by atoms with Crippen LogP contribution in [0.3, 0.4) is 0 Å². The van der Waals surface area contributed by atoms with E-state index in [1.54, 1.807) is 0 Å². The number of rotatable bonds is 5. The van der Waals surface area contributed by atoms with Crippen LogP contribution in [0.25, 0.3) is 0 Å². The highest BCUT2D eigenvalue weighted by Gasteiger charge is 2.32. The second-order valence-corrected chi connectivity index (χ2v) is 8.83. The van der Waals surface area contributed by atoms with Crippen molar-refractivity contribution in [3.63, 3.8) is 0 Å². The summed E-state index contributed by atoms with van der Waals surface area (Å²) in [6.07, 6.45) is 6.39. The van der Waals surface area contributed by atoms with E-state index in [0.717, 1.165) is 38.8 Å². The number of aryl methyl sites for hydroxylation is 1. The number of hydrogen-bond acceptors (Lipinski definition) is 2. The number of carbonyl (C=O) groups is 2. The van der Waals surface area contributed by atoms with Gasteiger partial charge in [0.05, 0.1) is 0 Å². The Morgan fingerprint density at radius 1 is 1.00 bits per heavy atom. The van der Waals surface area contributed by atoms with Gasteiger partial charge in [0.1, 0.15) is 6.04 Å². The maximum atomic E-state index is 13.1. The van der Waals surface area contributed by atoms with Crippen molar-refractivity contribution in [3.8, 4) is 0 Å². The Morgan fingerprint density at radius 2 is 1.61 bits per heavy atom. The Labute approximate surface area is 169 Å². The van der Waals surface area contributed by atoms with Gasteiger partial charge in [-0.1, -0.05) is 56.5 Å². The standard InChI is InChI=1S/C23H35N3O2/c1-16(2)21(25-23(28)24-20-6-4-5-7-20)22(27)26-14-12-19(13-15-26)18-10-8-17(3)9-11-18/h8-11,16,19-21H,4-7,12-15H2,1-3H3,(H2,24,25,28). The maximum absolute atomic E-state index is 13.1. The quantitative estimate of drug-likeness (QED) is 0.806. The topological polar surface area (TPSA) is 61.4 Å². The molecule has 5 heteroatoms. The van der Waals surface area contributed by atoms with Gasteiger partial charge in [-0.15, -0.1) is 0 Å². The van der Waals surface area contributed by atoms with Crippen LogP contribution in [0.1, 0.15) is 69.4 Å². The smallest absolute Gasteiger partial charge is 0.315 e. The molecule has 5 nitrogen and oxygen atoms in total. The van der Waals surface area contributed by atoms with Crippen LogP contribution in [-0.2, 0) is 4.79 Å². The number of likely N-dealkylation sites (tertiary alicyclic amines) is 1. The van der Waals surface area contributed by atoms with E-state index in [1.165, 1.54) is 24.0 Å².